The van der Waals surface area contributed by atoms with Crippen LogP contribution >= 0.6 is 11.3 Å². The van der Waals surface area contributed by atoms with Gasteiger partial charge in [-0.2, -0.15) is 0 Å². The number of thiophene rings is 1. The van der Waals surface area contributed by atoms with Crippen LogP contribution in [0.1, 0.15) is 37.0 Å². The number of fused-ring (bicyclic) bond motifs is 2. The predicted molar refractivity (Wildman–Crippen MR) is 91.9 cm³/mol. The van der Waals surface area contributed by atoms with Crippen molar-refractivity contribution in [3.63, 3.8) is 0 Å². The van der Waals surface area contributed by atoms with E-state index in [2.05, 4.69) is 9.97 Å². The summed E-state index contributed by atoms with van der Waals surface area (Å²) in [7, 11) is 0. The molecule has 0 fully saturated rings. The van der Waals surface area contributed by atoms with Crippen LogP contribution in [0.3, 0.4) is 0 Å². The number of anilines is 1. The lowest BCUT2D eigenvalue weighted by Gasteiger charge is -2.13. The predicted octanol–water partition coefficient (Wildman–Crippen LogP) is 2.69. The SMILES string of the molecule is Cc1sc2nc(CN3C(=O)c4ccccc4C3=O)nc(N)c2c1C. The molecule has 0 bridgehead atoms. The summed E-state index contributed by atoms with van der Waals surface area (Å²) < 4.78 is 0. The van der Waals surface area contributed by atoms with Gasteiger partial charge in [0, 0.05) is 4.88 Å². The molecule has 1 aromatic carbocycles. The largest absolute Gasteiger partial charge is 0.383 e. The summed E-state index contributed by atoms with van der Waals surface area (Å²) >= 11 is 1.53. The molecular formula is C17H14N4O2S. The van der Waals surface area contributed by atoms with Crippen molar-refractivity contribution in [2.45, 2.75) is 20.4 Å². The van der Waals surface area contributed by atoms with Crippen molar-refractivity contribution in [2.24, 2.45) is 0 Å². The molecule has 0 saturated heterocycles. The molecule has 2 amide bonds. The maximum absolute atomic E-state index is 12.4. The first-order valence-electron chi connectivity index (χ1n) is 7.44. The Hall–Kier alpha value is -2.80. The molecule has 120 valence electrons. The standard InChI is InChI=1S/C17H14N4O2S/c1-8-9(2)24-15-13(8)14(18)19-12(20-15)7-21-16(22)10-5-3-4-6-11(10)17(21)23/h3-6H,7H2,1-2H3,(H2,18,19,20). The number of benzene rings is 1. The Bertz CT molecular complexity index is 990. The molecule has 1 aliphatic rings. The average molecular weight is 338 g/mol. The molecule has 2 aromatic heterocycles. The summed E-state index contributed by atoms with van der Waals surface area (Å²) in [4.78, 5) is 36.7. The minimum atomic E-state index is -0.323. The highest BCUT2D eigenvalue weighted by atomic mass is 32.1. The van der Waals surface area contributed by atoms with E-state index in [1.54, 1.807) is 24.3 Å². The molecule has 3 aromatic rings. The second kappa shape index (κ2) is 5.10. The van der Waals surface area contributed by atoms with E-state index >= 15 is 0 Å². The van der Waals surface area contributed by atoms with Gasteiger partial charge < -0.3 is 5.73 Å². The van der Waals surface area contributed by atoms with E-state index in [1.807, 2.05) is 13.8 Å². The van der Waals surface area contributed by atoms with Crippen molar-refractivity contribution in [1.82, 2.24) is 14.9 Å². The van der Waals surface area contributed by atoms with E-state index < -0.39 is 0 Å². The number of carbonyl (C=O) groups excluding carboxylic acids is 2. The van der Waals surface area contributed by atoms with Gasteiger partial charge in [-0.15, -0.1) is 11.3 Å². The third-order valence-corrected chi connectivity index (χ3v) is 5.38. The van der Waals surface area contributed by atoms with E-state index in [0.29, 0.717) is 22.8 Å². The second-order valence-electron chi connectivity index (χ2n) is 5.73. The van der Waals surface area contributed by atoms with Crippen molar-refractivity contribution < 1.29 is 9.59 Å². The van der Waals surface area contributed by atoms with Gasteiger partial charge in [-0.1, -0.05) is 12.1 Å². The molecular weight excluding hydrogens is 324 g/mol. The molecule has 2 N–H and O–H groups in total. The fourth-order valence-corrected chi connectivity index (χ4v) is 3.98. The van der Waals surface area contributed by atoms with Crippen molar-refractivity contribution in [2.75, 3.05) is 5.73 Å². The highest BCUT2D eigenvalue weighted by Gasteiger charge is 2.35. The van der Waals surface area contributed by atoms with Gasteiger partial charge in [0.2, 0.25) is 0 Å². The van der Waals surface area contributed by atoms with Crippen molar-refractivity contribution in [3.05, 3.63) is 51.7 Å². The molecule has 0 unspecified atom stereocenters. The number of rotatable bonds is 2. The summed E-state index contributed by atoms with van der Waals surface area (Å²) in [6.45, 7) is 4.01. The lowest BCUT2D eigenvalue weighted by molar-refractivity contribution is 0.0638. The first-order chi connectivity index (χ1) is 11.5. The van der Waals surface area contributed by atoms with Gasteiger partial charge in [0.25, 0.3) is 11.8 Å². The van der Waals surface area contributed by atoms with Crippen LogP contribution in [0.15, 0.2) is 24.3 Å². The third-order valence-electron chi connectivity index (χ3n) is 4.28. The molecule has 0 aliphatic carbocycles. The van der Waals surface area contributed by atoms with E-state index in [4.69, 9.17) is 5.73 Å². The van der Waals surface area contributed by atoms with Crippen molar-refractivity contribution in [1.29, 1.82) is 0 Å². The molecule has 4 rings (SSSR count). The monoisotopic (exact) mass is 338 g/mol. The summed E-state index contributed by atoms with van der Waals surface area (Å²) in [6, 6.07) is 6.79. The van der Waals surface area contributed by atoms with Crippen molar-refractivity contribution in [3.8, 4) is 0 Å². The highest BCUT2D eigenvalue weighted by molar-refractivity contribution is 7.18. The van der Waals surface area contributed by atoms with Crippen LogP contribution in [0.25, 0.3) is 10.2 Å². The van der Waals surface area contributed by atoms with Gasteiger partial charge >= 0.3 is 0 Å². The van der Waals surface area contributed by atoms with Crippen LogP contribution in [0, 0.1) is 13.8 Å². The first-order valence-corrected chi connectivity index (χ1v) is 8.26. The molecule has 0 saturated carbocycles. The summed E-state index contributed by atoms with van der Waals surface area (Å²) in [6.07, 6.45) is 0. The Morgan fingerprint density at radius 1 is 1.08 bits per heavy atom. The maximum atomic E-state index is 12.4. The number of aromatic nitrogens is 2. The van der Waals surface area contributed by atoms with Gasteiger partial charge in [-0.25, -0.2) is 9.97 Å². The number of nitrogens with zero attached hydrogens (tertiary/aromatic N) is 3. The first kappa shape index (κ1) is 14.8. The van der Waals surface area contributed by atoms with Crippen LogP contribution < -0.4 is 5.73 Å². The topological polar surface area (TPSA) is 89.2 Å². The van der Waals surface area contributed by atoms with Gasteiger partial charge in [-0.05, 0) is 31.5 Å². The highest BCUT2D eigenvalue weighted by Crippen LogP contribution is 2.32. The number of aryl methyl sites for hydroxylation is 2. The fraction of sp³-hybridized carbons (Fsp3) is 0.176. The van der Waals surface area contributed by atoms with Crippen LogP contribution in [0.5, 0.6) is 0 Å². The number of nitrogens with two attached hydrogens (primary N) is 1. The van der Waals surface area contributed by atoms with Crippen LogP contribution in [-0.4, -0.2) is 26.7 Å². The molecule has 6 nitrogen and oxygen atoms in total. The quantitative estimate of drug-likeness (QED) is 0.726. The summed E-state index contributed by atoms with van der Waals surface area (Å²) in [5.41, 5.74) is 7.97. The minimum absolute atomic E-state index is 0.0164. The number of amides is 2. The Morgan fingerprint density at radius 3 is 2.33 bits per heavy atom. The molecule has 0 spiro atoms. The molecule has 0 radical (unpaired) electrons. The molecule has 3 heterocycles. The van der Waals surface area contributed by atoms with Gasteiger partial charge in [-0.3, -0.25) is 14.5 Å². The van der Waals surface area contributed by atoms with Crippen molar-refractivity contribution >= 4 is 39.2 Å². The number of carbonyl (C=O) groups is 2. The third kappa shape index (κ3) is 2.01. The van der Waals surface area contributed by atoms with E-state index in [1.165, 1.54) is 16.2 Å². The normalized spacial score (nSPS) is 13.8. The molecule has 1 aliphatic heterocycles. The molecule has 24 heavy (non-hydrogen) atoms. The van der Waals surface area contributed by atoms with E-state index in [-0.39, 0.29) is 18.4 Å². The summed E-state index contributed by atoms with van der Waals surface area (Å²) in [5, 5.41) is 0.851. The Kier molecular flexibility index (Phi) is 3.14. The van der Waals surface area contributed by atoms with Crippen LogP contribution in [0.4, 0.5) is 5.82 Å². The number of hydrogen-bond acceptors (Lipinski definition) is 6. The maximum Gasteiger partial charge on any atom is 0.261 e. The lowest BCUT2D eigenvalue weighted by Crippen LogP contribution is -2.30. The van der Waals surface area contributed by atoms with Crippen LogP contribution in [-0.2, 0) is 6.54 Å². The van der Waals surface area contributed by atoms with Gasteiger partial charge in [0.05, 0.1) is 23.1 Å². The van der Waals surface area contributed by atoms with E-state index in [9.17, 15) is 9.59 Å². The number of nitrogen functional groups attached to an aromatic ring is 1. The number of imide groups is 1. The molecule has 0 atom stereocenters. The zero-order valence-corrected chi connectivity index (χ0v) is 14.0. The Labute approximate surface area is 141 Å². The second-order valence-corrected chi connectivity index (χ2v) is 6.93. The summed E-state index contributed by atoms with van der Waals surface area (Å²) in [5.74, 6) is 0.108. The van der Waals surface area contributed by atoms with Gasteiger partial charge in [0.1, 0.15) is 10.6 Å². The Balaban J connectivity index is 1.73. The molecule has 7 heteroatoms. The zero-order chi connectivity index (χ0) is 17.0. The average Bonchev–Trinajstić information content (AvgIpc) is 2.97. The minimum Gasteiger partial charge on any atom is -0.383 e. The zero-order valence-electron chi connectivity index (χ0n) is 13.2. The van der Waals surface area contributed by atoms with Gasteiger partial charge in [0.15, 0.2) is 5.82 Å². The van der Waals surface area contributed by atoms with E-state index in [0.717, 1.165) is 20.7 Å². The van der Waals surface area contributed by atoms with Crippen LogP contribution in [0.2, 0.25) is 0 Å². The fourth-order valence-electron chi connectivity index (χ4n) is 2.92. The smallest absolute Gasteiger partial charge is 0.261 e. The Morgan fingerprint density at radius 2 is 1.71 bits per heavy atom. The number of hydrogen-bond donors (Lipinski definition) is 1. The lowest BCUT2D eigenvalue weighted by atomic mass is 10.1.